The number of rotatable bonds is 8. The molecule has 1 N–H and O–H groups in total. The van der Waals surface area contributed by atoms with E-state index in [0.29, 0.717) is 0 Å². The first-order valence-electron chi connectivity index (χ1n) is 6.21. The first-order chi connectivity index (χ1) is 7.33. The Morgan fingerprint density at radius 2 is 2.00 bits per heavy atom. The molecule has 1 fully saturated rings. The Morgan fingerprint density at radius 1 is 1.27 bits per heavy atom. The Morgan fingerprint density at radius 3 is 2.67 bits per heavy atom. The van der Waals surface area contributed by atoms with Crippen LogP contribution in [0.3, 0.4) is 0 Å². The van der Waals surface area contributed by atoms with Crippen molar-refractivity contribution >= 4 is 0 Å². The summed E-state index contributed by atoms with van der Waals surface area (Å²) in [5.74, 6) is 0.953. The number of hydrogen-bond donors (Lipinski definition) is 1. The van der Waals surface area contributed by atoms with E-state index in [1.165, 1.54) is 32.2 Å². The van der Waals surface area contributed by atoms with Crippen LogP contribution in [0.4, 0.5) is 0 Å². The second-order valence-electron chi connectivity index (χ2n) is 4.65. The summed E-state index contributed by atoms with van der Waals surface area (Å²) < 4.78 is 5.04. The largest absolute Gasteiger partial charge is 0.383 e. The molecule has 1 saturated carbocycles. The van der Waals surface area contributed by atoms with Crippen LogP contribution in [0, 0.1) is 5.92 Å². The van der Waals surface area contributed by atoms with E-state index in [4.69, 9.17) is 4.74 Å². The molecule has 0 bridgehead atoms. The second-order valence-corrected chi connectivity index (χ2v) is 4.65. The highest BCUT2D eigenvalue weighted by Gasteiger charge is 2.13. The molecule has 1 aliphatic carbocycles. The molecular weight excluding hydrogens is 188 g/mol. The summed E-state index contributed by atoms with van der Waals surface area (Å²) in [7, 11) is 3.91. The van der Waals surface area contributed by atoms with Crippen molar-refractivity contribution in [3.05, 3.63) is 0 Å². The van der Waals surface area contributed by atoms with Gasteiger partial charge in [0.05, 0.1) is 6.61 Å². The van der Waals surface area contributed by atoms with Crippen LogP contribution in [-0.2, 0) is 4.74 Å². The van der Waals surface area contributed by atoms with Crippen molar-refractivity contribution in [2.75, 3.05) is 46.9 Å². The van der Waals surface area contributed by atoms with Crippen LogP contribution in [0.15, 0.2) is 0 Å². The van der Waals surface area contributed by atoms with Gasteiger partial charge in [-0.3, -0.25) is 0 Å². The van der Waals surface area contributed by atoms with Crippen LogP contribution in [0.5, 0.6) is 0 Å². The van der Waals surface area contributed by atoms with E-state index in [0.717, 1.165) is 32.2 Å². The molecule has 3 heteroatoms. The number of ether oxygens (including phenoxy) is 1. The number of likely N-dealkylation sites (N-methyl/N-ethyl adjacent to an activating group) is 1. The van der Waals surface area contributed by atoms with Crippen molar-refractivity contribution in [2.24, 2.45) is 5.92 Å². The minimum atomic E-state index is 0.832. The number of hydrogen-bond acceptors (Lipinski definition) is 3. The van der Waals surface area contributed by atoms with Crippen LogP contribution >= 0.6 is 0 Å². The third-order valence-electron chi connectivity index (χ3n) is 3.26. The average molecular weight is 214 g/mol. The molecule has 90 valence electrons. The molecule has 3 nitrogen and oxygen atoms in total. The fourth-order valence-electron chi connectivity index (χ4n) is 2.15. The lowest BCUT2D eigenvalue weighted by Crippen LogP contribution is -2.33. The maximum atomic E-state index is 5.04. The molecule has 15 heavy (non-hydrogen) atoms. The van der Waals surface area contributed by atoms with Gasteiger partial charge >= 0.3 is 0 Å². The van der Waals surface area contributed by atoms with Crippen LogP contribution < -0.4 is 5.32 Å². The van der Waals surface area contributed by atoms with Gasteiger partial charge in [0.15, 0.2) is 0 Å². The topological polar surface area (TPSA) is 24.5 Å². The highest BCUT2D eigenvalue weighted by atomic mass is 16.5. The number of methoxy groups -OCH3 is 1. The minimum Gasteiger partial charge on any atom is -0.383 e. The lowest BCUT2D eigenvalue weighted by atomic mass is 10.1. The molecular formula is C12H26N2O. The van der Waals surface area contributed by atoms with E-state index >= 15 is 0 Å². The Balaban J connectivity index is 1.87. The van der Waals surface area contributed by atoms with Crippen molar-refractivity contribution < 1.29 is 4.74 Å². The van der Waals surface area contributed by atoms with Crippen molar-refractivity contribution in [3.8, 4) is 0 Å². The zero-order valence-corrected chi connectivity index (χ0v) is 10.3. The lowest BCUT2D eigenvalue weighted by Gasteiger charge is -2.17. The van der Waals surface area contributed by atoms with Crippen LogP contribution in [0.1, 0.15) is 25.7 Å². The third-order valence-corrected chi connectivity index (χ3v) is 3.26. The highest BCUT2D eigenvalue weighted by molar-refractivity contribution is 4.69. The Hall–Kier alpha value is -0.120. The SMILES string of the molecule is COCCN(C)CCNCC1CCCC1. The smallest absolute Gasteiger partial charge is 0.0589 e. The monoisotopic (exact) mass is 214 g/mol. The first kappa shape index (κ1) is 12.9. The molecule has 0 saturated heterocycles. The van der Waals surface area contributed by atoms with Gasteiger partial charge in [-0.05, 0) is 32.4 Å². The fourth-order valence-corrected chi connectivity index (χ4v) is 2.15. The molecule has 0 atom stereocenters. The van der Waals surface area contributed by atoms with Crippen molar-refractivity contribution in [3.63, 3.8) is 0 Å². The molecule has 1 rings (SSSR count). The van der Waals surface area contributed by atoms with Crippen LogP contribution in [0.25, 0.3) is 0 Å². The summed E-state index contributed by atoms with van der Waals surface area (Å²) in [4.78, 5) is 2.31. The molecule has 0 amide bonds. The predicted molar refractivity (Wildman–Crippen MR) is 64.2 cm³/mol. The van der Waals surface area contributed by atoms with Gasteiger partial charge in [0.25, 0.3) is 0 Å². The van der Waals surface area contributed by atoms with Crippen molar-refractivity contribution in [1.29, 1.82) is 0 Å². The average Bonchev–Trinajstić information content (AvgIpc) is 2.74. The van der Waals surface area contributed by atoms with Gasteiger partial charge in [0, 0.05) is 26.7 Å². The molecule has 1 aliphatic rings. The molecule has 0 aromatic rings. The van der Waals surface area contributed by atoms with Gasteiger partial charge in [-0.2, -0.15) is 0 Å². The summed E-state index contributed by atoms with van der Waals surface area (Å²) in [5.41, 5.74) is 0. The summed E-state index contributed by atoms with van der Waals surface area (Å²) >= 11 is 0. The van der Waals surface area contributed by atoms with E-state index in [-0.39, 0.29) is 0 Å². The van der Waals surface area contributed by atoms with E-state index in [2.05, 4.69) is 17.3 Å². The first-order valence-corrected chi connectivity index (χ1v) is 6.21. The zero-order chi connectivity index (χ0) is 10.9. The number of nitrogens with zero attached hydrogens (tertiary/aromatic N) is 1. The molecule has 0 radical (unpaired) electrons. The maximum Gasteiger partial charge on any atom is 0.0589 e. The molecule has 0 unspecified atom stereocenters. The summed E-state index contributed by atoms with van der Waals surface area (Å²) in [6.45, 7) is 5.31. The Kier molecular flexibility index (Phi) is 6.98. The Bertz CT molecular complexity index is 147. The van der Waals surface area contributed by atoms with E-state index in [9.17, 15) is 0 Å². The normalized spacial score (nSPS) is 17.8. The zero-order valence-electron chi connectivity index (χ0n) is 10.3. The summed E-state index contributed by atoms with van der Waals surface area (Å²) in [5, 5.41) is 3.55. The fraction of sp³-hybridized carbons (Fsp3) is 1.00. The predicted octanol–water partition coefficient (Wildman–Crippen LogP) is 1.34. The van der Waals surface area contributed by atoms with Crippen LogP contribution in [-0.4, -0.2) is 51.8 Å². The van der Waals surface area contributed by atoms with Gasteiger partial charge < -0.3 is 15.0 Å². The molecule has 0 spiro atoms. The molecule has 0 aliphatic heterocycles. The van der Waals surface area contributed by atoms with Crippen molar-refractivity contribution in [1.82, 2.24) is 10.2 Å². The van der Waals surface area contributed by atoms with E-state index < -0.39 is 0 Å². The minimum absolute atomic E-state index is 0.832. The van der Waals surface area contributed by atoms with E-state index in [1.54, 1.807) is 7.11 Å². The third kappa shape index (κ3) is 6.13. The standard InChI is InChI=1S/C12H26N2O/c1-14(9-10-15-2)8-7-13-11-12-5-3-4-6-12/h12-13H,3-11H2,1-2H3. The Labute approximate surface area is 94.2 Å². The lowest BCUT2D eigenvalue weighted by molar-refractivity contribution is 0.161. The highest BCUT2D eigenvalue weighted by Crippen LogP contribution is 2.23. The van der Waals surface area contributed by atoms with Gasteiger partial charge in [0.1, 0.15) is 0 Å². The quantitative estimate of drug-likeness (QED) is 0.617. The summed E-state index contributed by atoms with van der Waals surface area (Å²) in [6, 6.07) is 0. The summed E-state index contributed by atoms with van der Waals surface area (Å²) in [6.07, 6.45) is 5.76. The van der Waals surface area contributed by atoms with Gasteiger partial charge in [0.2, 0.25) is 0 Å². The van der Waals surface area contributed by atoms with Crippen molar-refractivity contribution in [2.45, 2.75) is 25.7 Å². The van der Waals surface area contributed by atoms with Gasteiger partial charge in [-0.1, -0.05) is 12.8 Å². The second kappa shape index (κ2) is 8.08. The number of nitrogens with one attached hydrogen (secondary N) is 1. The van der Waals surface area contributed by atoms with Gasteiger partial charge in [-0.15, -0.1) is 0 Å². The van der Waals surface area contributed by atoms with Crippen LogP contribution in [0.2, 0.25) is 0 Å². The van der Waals surface area contributed by atoms with E-state index in [1.807, 2.05) is 0 Å². The maximum absolute atomic E-state index is 5.04. The molecule has 0 heterocycles. The molecule has 0 aromatic carbocycles. The van der Waals surface area contributed by atoms with Gasteiger partial charge in [-0.25, -0.2) is 0 Å². The molecule has 0 aromatic heterocycles.